The van der Waals surface area contributed by atoms with Crippen molar-refractivity contribution in [1.82, 2.24) is 20.5 Å². The van der Waals surface area contributed by atoms with Crippen molar-refractivity contribution in [2.75, 3.05) is 18.8 Å². The molecule has 3 unspecified atom stereocenters. The van der Waals surface area contributed by atoms with Gasteiger partial charge in [0.15, 0.2) is 11.5 Å². The van der Waals surface area contributed by atoms with Crippen LogP contribution in [0.25, 0.3) is 5.70 Å². The molecule has 1 saturated heterocycles. The number of hydrogen-bond acceptors (Lipinski definition) is 7. The molecule has 0 radical (unpaired) electrons. The Kier molecular flexibility index (Phi) is 5.27. The van der Waals surface area contributed by atoms with E-state index in [0.29, 0.717) is 18.3 Å². The lowest BCUT2D eigenvalue weighted by molar-refractivity contribution is -0.140. The van der Waals surface area contributed by atoms with Crippen molar-refractivity contribution in [1.29, 1.82) is 0 Å². The molecule has 1 fully saturated rings. The molecule has 8 nitrogen and oxygen atoms in total. The van der Waals surface area contributed by atoms with Gasteiger partial charge < -0.3 is 15.0 Å². The van der Waals surface area contributed by atoms with Gasteiger partial charge in [-0.25, -0.2) is 0 Å². The first-order chi connectivity index (χ1) is 13.5. The maximum atomic E-state index is 12.7. The number of amides is 2. The van der Waals surface area contributed by atoms with Crippen molar-refractivity contribution < 1.29 is 14.3 Å². The second kappa shape index (κ2) is 7.84. The number of nitrogens with zero attached hydrogens (tertiary/aromatic N) is 3. The fourth-order valence-corrected chi connectivity index (χ4v) is 4.47. The number of rotatable bonds is 3. The molecule has 9 heteroatoms. The summed E-state index contributed by atoms with van der Waals surface area (Å²) in [4.78, 5) is 28.5. The van der Waals surface area contributed by atoms with Gasteiger partial charge in [-0.15, -0.1) is 0 Å². The SMILES string of the molecule is CC1CN(C(=O)CSC2=NNC3NC(=O)C=C(c4ccccc4)N23)CC(C)O1. The molecule has 1 aromatic carbocycles. The van der Waals surface area contributed by atoms with Crippen LogP contribution in [0, 0.1) is 0 Å². The lowest BCUT2D eigenvalue weighted by Crippen LogP contribution is -2.54. The van der Waals surface area contributed by atoms with E-state index in [1.165, 1.54) is 11.8 Å². The summed E-state index contributed by atoms with van der Waals surface area (Å²) in [5.74, 6) is 0.157. The van der Waals surface area contributed by atoms with Gasteiger partial charge in [0.25, 0.3) is 0 Å². The summed E-state index contributed by atoms with van der Waals surface area (Å²) in [5.41, 5.74) is 4.61. The van der Waals surface area contributed by atoms with Crippen LogP contribution in [0.5, 0.6) is 0 Å². The van der Waals surface area contributed by atoms with E-state index in [1.807, 2.05) is 54.0 Å². The minimum Gasteiger partial charge on any atom is -0.372 e. The second-order valence-corrected chi connectivity index (χ2v) is 7.99. The summed E-state index contributed by atoms with van der Waals surface area (Å²) in [6.45, 7) is 5.16. The van der Waals surface area contributed by atoms with Crippen molar-refractivity contribution in [2.24, 2.45) is 5.10 Å². The zero-order chi connectivity index (χ0) is 19.7. The predicted molar refractivity (Wildman–Crippen MR) is 108 cm³/mol. The minimum absolute atomic E-state index is 0.0393. The van der Waals surface area contributed by atoms with Crippen LogP contribution in [-0.4, -0.2) is 64.1 Å². The van der Waals surface area contributed by atoms with Crippen molar-refractivity contribution >= 4 is 34.4 Å². The zero-order valence-corrected chi connectivity index (χ0v) is 16.6. The molecule has 1 aromatic rings. The van der Waals surface area contributed by atoms with E-state index < -0.39 is 6.29 Å². The summed E-state index contributed by atoms with van der Waals surface area (Å²) in [7, 11) is 0. The number of carbonyl (C=O) groups excluding carboxylic acids is 2. The number of carbonyl (C=O) groups is 2. The van der Waals surface area contributed by atoms with Crippen LogP contribution in [-0.2, 0) is 14.3 Å². The molecule has 4 rings (SSSR count). The Morgan fingerprint density at radius 2 is 1.96 bits per heavy atom. The molecule has 0 aliphatic carbocycles. The number of fused-ring (bicyclic) bond motifs is 1. The summed E-state index contributed by atoms with van der Waals surface area (Å²) < 4.78 is 5.70. The number of benzene rings is 1. The Labute approximate surface area is 168 Å². The molecule has 28 heavy (non-hydrogen) atoms. The lowest BCUT2D eigenvalue weighted by atomic mass is 10.1. The third-order valence-electron chi connectivity index (χ3n) is 4.72. The molecule has 3 aliphatic rings. The molecular weight excluding hydrogens is 378 g/mol. The van der Waals surface area contributed by atoms with Crippen LogP contribution < -0.4 is 10.7 Å². The molecule has 3 heterocycles. The maximum Gasteiger partial charge on any atom is 0.249 e. The van der Waals surface area contributed by atoms with E-state index in [2.05, 4.69) is 15.8 Å². The molecule has 3 atom stereocenters. The molecule has 148 valence electrons. The van der Waals surface area contributed by atoms with Crippen LogP contribution in [0.2, 0.25) is 0 Å². The predicted octanol–water partition coefficient (Wildman–Crippen LogP) is 0.986. The van der Waals surface area contributed by atoms with Gasteiger partial charge in [0.2, 0.25) is 11.8 Å². The third-order valence-corrected chi connectivity index (χ3v) is 5.66. The maximum absolute atomic E-state index is 12.7. The average molecular weight is 401 g/mol. The van der Waals surface area contributed by atoms with Crippen LogP contribution in [0.3, 0.4) is 0 Å². The minimum atomic E-state index is -0.450. The quantitative estimate of drug-likeness (QED) is 0.786. The number of morpholine rings is 1. The van der Waals surface area contributed by atoms with E-state index in [9.17, 15) is 9.59 Å². The number of hydrazone groups is 1. The zero-order valence-electron chi connectivity index (χ0n) is 15.8. The highest BCUT2D eigenvalue weighted by Gasteiger charge is 2.36. The van der Waals surface area contributed by atoms with Gasteiger partial charge in [-0.2, -0.15) is 5.10 Å². The van der Waals surface area contributed by atoms with Crippen molar-refractivity contribution in [3.8, 4) is 0 Å². The second-order valence-electron chi connectivity index (χ2n) is 7.04. The van der Waals surface area contributed by atoms with Gasteiger partial charge in [0.05, 0.1) is 23.7 Å². The number of ether oxygens (including phenoxy) is 1. The molecule has 0 spiro atoms. The molecule has 2 N–H and O–H groups in total. The topological polar surface area (TPSA) is 86.3 Å². The average Bonchev–Trinajstić information content (AvgIpc) is 3.08. The summed E-state index contributed by atoms with van der Waals surface area (Å²) in [6, 6.07) is 9.68. The van der Waals surface area contributed by atoms with Gasteiger partial charge in [-0.3, -0.25) is 19.9 Å². The molecule has 3 aliphatic heterocycles. The van der Waals surface area contributed by atoms with E-state index in [4.69, 9.17) is 4.74 Å². The summed E-state index contributed by atoms with van der Waals surface area (Å²) in [6.07, 6.45) is 1.19. The largest absolute Gasteiger partial charge is 0.372 e. The van der Waals surface area contributed by atoms with Crippen LogP contribution in [0.4, 0.5) is 0 Å². The molecule has 0 aromatic heterocycles. The molecule has 0 bridgehead atoms. The van der Waals surface area contributed by atoms with E-state index in [0.717, 1.165) is 11.3 Å². The van der Waals surface area contributed by atoms with Gasteiger partial charge >= 0.3 is 0 Å². The van der Waals surface area contributed by atoms with Gasteiger partial charge in [0.1, 0.15) is 0 Å². The fraction of sp³-hybridized carbons (Fsp3) is 0.421. The summed E-state index contributed by atoms with van der Waals surface area (Å²) in [5, 5.41) is 7.83. The lowest BCUT2D eigenvalue weighted by Gasteiger charge is -2.35. The Morgan fingerprint density at radius 3 is 2.68 bits per heavy atom. The van der Waals surface area contributed by atoms with Crippen LogP contribution >= 0.6 is 11.8 Å². The highest BCUT2D eigenvalue weighted by Crippen LogP contribution is 2.29. The van der Waals surface area contributed by atoms with Crippen molar-refractivity contribution in [3.63, 3.8) is 0 Å². The van der Waals surface area contributed by atoms with Gasteiger partial charge in [-0.05, 0) is 19.4 Å². The normalized spacial score (nSPS) is 26.8. The molecule has 2 amide bonds. The monoisotopic (exact) mass is 401 g/mol. The van der Waals surface area contributed by atoms with Crippen molar-refractivity contribution in [3.05, 3.63) is 42.0 Å². The first-order valence-electron chi connectivity index (χ1n) is 9.27. The highest BCUT2D eigenvalue weighted by atomic mass is 32.2. The van der Waals surface area contributed by atoms with Gasteiger partial charge in [0, 0.05) is 19.2 Å². The number of nitrogens with one attached hydrogen (secondary N) is 2. The first kappa shape index (κ1) is 18.8. The number of amidine groups is 1. The highest BCUT2D eigenvalue weighted by molar-refractivity contribution is 8.14. The first-order valence-corrected chi connectivity index (χ1v) is 10.3. The summed E-state index contributed by atoms with van der Waals surface area (Å²) >= 11 is 1.36. The van der Waals surface area contributed by atoms with E-state index in [-0.39, 0.29) is 29.8 Å². The number of thioether (sulfide) groups is 1. The van der Waals surface area contributed by atoms with Crippen molar-refractivity contribution in [2.45, 2.75) is 32.3 Å². The Bertz CT molecular complexity index is 818. The smallest absolute Gasteiger partial charge is 0.249 e. The van der Waals surface area contributed by atoms with Gasteiger partial charge in [-0.1, -0.05) is 42.1 Å². The van der Waals surface area contributed by atoms with E-state index in [1.54, 1.807) is 6.08 Å². The molecular formula is C19H23N5O3S. The fourth-order valence-electron chi connectivity index (χ4n) is 3.58. The Balaban J connectivity index is 1.46. The van der Waals surface area contributed by atoms with Crippen LogP contribution in [0.1, 0.15) is 19.4 Å². The standard InChI is InChI=1S/C19H23N5O3S/c1-12-9-23(10-13(2)27-12)17(26)11-28-19-22-21-18-20-16(25)8-15(24(18)19)14-6-4-3-5-7-14/h3-8,12-13,18,21H,9-11H2,1-2H3,(H,20,25). The Hall–Kier alpha value is -2.52. The van der Waals surface area contributed by atoms with E-state index >= 15 is 0 Å². The Morgan fingerprint density at radius 1 is 1.25 bits per heavy atom. The third kappa shape index (κ3) is 3.85. The number of hydrogen-bond donors (Lipinski definition) is 2. The van der Waals surface area contributed by atoms with Crippen LogP contribution in [0.15, 0.2) is 41.5 Å². The molecule has 0 saturated carbocycles.